The Kier molecular flexibility index (Phi) is 6.39. The molecule has 2 fully saturated rings. The van der Waals surface area contributed by atoms with Crippen molar-refractivity contribution in [3.63, 3.8) is 0 Å². The Labute approximate surface area is 148 Å². The molecule has 138 valence electrons. The highest BCUT2D eigenvalue weighted by Gasteiger charge is 2.31. The molecular formula is C19H27FN2O3. The van der Waals surface area contributed by atoms with Gasteiger partial charge in [0.2, 0.25) is 5.91 Å². The summed E-state index contributed by atoms with van der Waals surface area (Å²) >= 11 is 0. The molecule has 6 heteroatoms. The van der Waals surface area contributed by atoms with Crippen LogP contribution in [0.15, 0.2) is 24.3 Å². The summed E-state index contributed by atoms with van der Waals surface area (Å²) in [6, 6.07) is 6.75. The van der Waals surface area contributed by atoms with Gasteiger partial charge in [0.25, 0.3) is 0 Å². The highest BCUT2D eigenvalue weighted by molar-refractivity contribution is 5.78. The quantitative estimate of drug-likeness (QED) is 0.808. The maximum atomic E-state index is 13.5. The van der Waals surface area contributed by atoms with E-state index in [1.807, 2.05) is 11.0 Å². The number of hydrogen-bond donors (Lipinski definition) is 0. The molecule has 0 aromatic heterocycles. The molecule has 0 N–H and O–H groups in total. The van der Waals surface area contributed by atoms with Crippen LogP contribution in [0.4, 0.5) is 4.39 Å². The molecule has 1 amide bonds. The average molecular weight is 350 g/mol. The van der Waals surface area contributed by atoms with Gasteiger partial charge in [-0.3, -0.25) is 9.69 Å². The lowest BCUT2D eigenvalue weighted by atomic mass is 9.88. The monoisotopic (exact) mass is 350 g/mol. The number of morpholine rings is 1. The van der Waals surface area contributed by atoms with Gasteiger partial charge >= 0.3 is 0 Å². The lowest BCUT2D eigenvalue weighted by molar-refractivity contribution is -0.137. The van der Waals surface area contributed by atoms with Crippen LogP contribution in [0.5, 0.6) is 0 Å². The fraction of sp³-hybridized carbons (Fsp3) is 0.632. The van der Waals surface area contributed by atoms with Gasteiger partial charge in [0.15, 0.2) is 0 Å². The number of piperidine rings is 1. The summed E-state index contributed by atoms with van der Waals surface area (Å²) in [5, 5.41) is 0. The fourth-order valence-electron chi connectivity index (χ4n) is 3.81. The molecule has 2 atom stereocenters. The van der Waals surface area contributed by atoms with E-state index >= 15 is 0 Å². The van der Waals surface area contributed by atoms with E-state index in [1.54, 1.807) is 19.2 Å². The van der Waals surface area contributed by atoms with E-state index in [0.717, 1.165) is 31.5 Å². The first-order valence-electron chi connectivity index (χ1n) is 9.01. The standard InChI is InChI=1S/C19H27FN2O3/c1-24-18-5-6-21(14-19(23)22-7-9-25-10-8-22)13-16(18)11-15-3-2-4-17(20)12-15/h2-4,12,16,18H,5-11,13-14H2,1H3/t16-,18+/m1/s1. The molecule has 2 heterocycles. The number of amides is 1. The highest BCUT2D eigenvalue weighted by Crippen LogP contribution is 2.24. The van der Waals surface area contributed by atoms with Crippen LogP contribution in [0.25, 0.3) is 0 Å². The first kappa shape index (κ1) is 18.3. The number of hydrogen-bond acceptors (Lipinski definition) is 4. The normalized spacial score (nSPS) is 25.1. The van der Waals surface area contributed by atoms with Crippen LogP contribution in [-0.2, 0) is 20.7 Å². The highest BCUT2D eigenvalue weighted by atomic mass is 19.1. The molecule has 2 aliphatic heterocycles. The van der Waals surface area contributed by atoms with Gasteiger partial charge in [0.05, 0.1) is 25.9 Å². The topological polar surface area (TPSA) is 42.0 Å². The van der Waals surface area contributed by atoms with Gasteiger partial charge in [-0.25, -0.2) is 4.39 Å². The minimum atomic E-state index is -0.207. The number of rotatable bonds is 5. The molecule has 0 aliphatic carbocycles. The number of likely N-dealkylation sites (tertiary alicyclic amines) is 1. The van der Waals surface area contributed by atoms with Gasteiger partial charge in [-0.2, -0.15) is 0 Å². The number of methoxy groups -OCH3 is 1. The first-order chi connectivity index (χ1) is 12.2. The van der Waals surface area contributed by atoms with Crippen LogP contribution in [0, 0.1) is 11.7 Å². The predicted molar refractivity (Wildman–Crippen MR) is 92.8 cm³/mol. The molecule has 3 rings (SSSR count). The SMILES string of the molecule is CO[C@H]1CCN(CC(=O)N2CCOCC2)C[C@H]1Cc1cccc(F)c1. The molecule has 2 aliphatic rings. The molecule has 0 spiro atoms. The number of carbonyl (C=O) groups excluding carboxylic acids is 1. The largest absolute Gasteiger partial charge is 0.381 e. The smallest absolute Gasteiger partial charge is 0.236 e. The van der Waals surface area contributed by atoms with Crippen molar-refractivity contribution in [3.05, 3.63) is 35.6 Å². The van der Waals surface area contributed by atoms with Crippen LogP contribution in [0.2, 0.25) is 0 Å². The van der Waals surface area contributed by atoms with Crippen molar-refractivity contribution in [2.45, 2.75) is 18.9 Å². The molecular weight excluding hydrogens is 323 g/mol. The zero-order valence-corrected chi connectivity index (χ0v) is 14.8. The third-order valence-corrected chi connectivity index (χ3v) is 5.16. The lowest BCUT2D eigenvalue weighted by Gasteiger charge is -2.38. The van der Waals surface area contributed by atoms with Gasteiger partial charge in [-0.15, -0.1) is 0 Å². The second-order valence-electron chi connectivity index (χ2n) is 6.89. The second-order valence-corrected chi connectivity index (χ2v) is 6.89. The lowest BCUT2D eigenvalue weighted by Crippen LogP contribution is -2.50. The summed E-state index contributed by atoms with van der Waals surface area (Å²) in [6.07, 6.45) is 1.81. The average Bonchev–Trinajstić information content (AvgIpc) is 2.63. The number of ether oxygens (including phenoxy) is 2. The molecule has 0 saturated carbocycles. The van der Waals surface area contributed by atoms with Crippen LogP contribution in [-0.4, -0.2) is 74.9 Å². The maximum Gasteiger partial charge on any atom is 0.236 e. The molecule has 25 heavy (non-hydrogen) atoms. The number of nitrogens with zero attached hydrogens (tertiary/aromatic N) is 2. The third kappa shape index (κ3) is 5.00. The van der Waals surface area contributed by atoms with Crippen LogP contribution in [0.1, 0.15) is 12.0 Å². The van der Waals surface area contributed by atoms with E-state index in [0.29, 0.717) is 32.8 Å². The van der Waals surface area contributed by atoms with Gasteiger partial charge < -0.3 is 14.4 Å². The van der Waals surface area contributed by atoms with E-state index < -0.39 is 0 Å². The number of carbonyl (C=O) groups is 1. The van der Waals surface area contributed by atoms with E-state index in [4.69, 9.17) is 9.47 Å². The maximum absolute atomic E-state index is 13.5. The van der Waals surface area contributed by atoms with Crippen molar-refractivity contribution in [2.24, 2.45) is 5.92 Å². The molecule has 1 aromatic rings. The van der Waals surface area contributed by atoms with E-state index in [-0.39, 0.29) is 23.7 Å². The van der Waals surface area contributed by atoms with Gasteiger partial charge in [-0.1, -0.05) is 12.1 Å². The first-order valence-corrected chi connectivity index (χ1v) is 9.01. The van der Waals surface area contributed by atoms with E-state index in [9.17, 15) is 9.18 Å². The number of halogens is 1. The Morgan fingerprint density at radius 1 is 1.32 bits per heavy atom. The van der Waals surface area contributed by atoms with Crippen molar-refractivity contribution in [1.82, 2.24) is 9.80 Å². The number of benzene rings is 1. The summed E-state index contributed by atoms with van der Waals surface area (Å²) in [5.74, 6) is 0.225. The molecule has 0 unspecified atom stereocenters. The minimum absolute atomic E-state index is 0.151. The van der Waals surface area contributed by atoms with E-state index in [2.05, 4.69) is 4.90 Å². The molecule has 0 bridgehead atoms. The summed E-state index contributed by atoms with van der Waals surface area (Å²) in [5.41, 5.74) is 0.980. The minimum Gasteiger partial charge on any atom is -0.381 e. The van der Waals surface area contributed by atoms with Gasteiger partial charge in [0, 0.05) is 39.2 Å². The van der Waals surface area contributed by atoms with Crippen LogP contribution in [0.3, 0.4) is 0 Å². The molecule has 5 nitrogen and oxygen atoms in total. The predicted octanol–water partition coefficient (Wildman–Crippen LogP) is 1.56. The Hall–Kier alpha value is -1.50. The van der Waals surface area contributed by atoms with Gasteiger partial charge in [-0.05, 0) is 30.5 Å². The van der Waals surface area contributed by atoms with Crippen molar-refractivity contribution in [1.29, 1.82) is 0 Å². The summed E-state index contributed by atoms with van der Waals surface area (Å²) in [7, 11) is 1.73. The van der Waals surface area contributed by atoms with Crippen LogP contribution >= 0.6 is 0 Å². The van der Waals surface area contributed by atoms with Crippen molar-refractivity contribution in [3.8, 4) is 0 Å². The van der Waals surface area contributed by atoms with Crippen molar-refractivity contribution >= 4 is 5.91 Å². The fourth-order valence-corrected chi connectivity index (χ4v) is 3.81. The second kappa shape index (κ2) is 8.74. The van der Waals surface area contributed by atoms with E-state index in [1.165, 1.54) is 6.07 Å². The van der Waals surface area contributed by atoms with Crippen molar-refractivity contribution < 1.29 is 18.7 Å². The van der Waals surface area contributed by atoms with Gasteiger partial charge in [0.1, 0.15) is 5.82 Å². The zero-order chi connectivity index (χ0) is 17.6. The summed E-state index contributed by atoms with van der Waals surface area (Å²) in [4.78, 5) is 16.6. The van der Waals surface area contributed by atoms with Crippen molar-refractivity contribution in [2.75, 3.05) is 53.0 Å². The molecule has 0 radical (unpaired) electrons. The molecule has 2 saturated heterocycles. The van der Waals surface area contributed by atoms with Crippen LogP contribution < -0.4 is 0 Å². The Morgan fingerprint density at radius 2 is 2.12 bits per heavy atom. The molecule has 1 aromatic carbocycles. The summed E-state index contributed by atoms with van der Waals surface area (Å²) < 4.78 is 24.4. The Balaban J connectivity index is 1.58. The zero-order valence-electron chi connectivity index (χ0n) is 14.8. The Morgan fingerprint density at radius 3 is 2.84 bits per heavy atom. The summed E-state index contributed by atoms with van der Waals surface area (Å²) in [6.45, 7) is 4.70. The Bertz CT molecular complexity index is 578. The third-order valence-electron chi connectivity index (χ3n) is 5.16.